The molecule has 0 radical (unpaired) electrons. The standard InChI is InChI=1S/C28H28F4N4O4S.C19H17F4N3O2.C18H15F4N3O2.C10H15NO3S.C5H5F3N2/c1-3-41(39,40)21-8-4-17(5-9-21)24(15-37)33-27(38)22-12-18-11-20(36(19-6-7-19)25(18)13-23(22)29)14-35-26(28(30,31)32)10-16(2)34-35;1-10-5-17(19(21,22)23)25(24-10)9-13-6-11-7-14(18(27)28-2)15(20)8-16(11)26(13)12-3-4-12;1-9-4-16(18(20,21)22)24(23-9)8-12-5-10-6-13(17(26)27)14(19)7-15(10)25(12)11-2-3-11;1-2-15(13,14)9-5-3-8(4-6-9)10(11)7-12;1-3-2-4(10-9-3)5(6,7)8/h4-5,8-13,19,24,37H,3,6-7,14-15H2,1-2H3,(H,33,38);5-8,12H,3-4,9H2,1-2H3;4-7,11H,2-3,8H2,1H3,(H,26,27);3-6,10,12H,2,7,11H2,1H3;2H,1H3,(H,9,10)/t24-;;;10-;/m0..0./s1. The number of ether oxygens (including phenoxy) is 1. The number of aliphatic hydroxyl groups excluding tert-OH is 2. The van der Waals surface area contributed by atoms with E-state index in [0.29, 0.717) is 65.9 Å². The van der Waals surface area contributed by atoms with Gasteiger partial charge in [-0.3, -0.25) is 23.9 Å². The van der Waals surface area contributed by atoms with E-state index >= 15 is 4.39 Å². The van der Waals surface area contributed by atoms with E-state index in [1.807, 2.05) is 4.57 Å². The van der Waals surface area contributed by atoms with Crippen molar-refractivity contribution in [1.82, 2.24) is 58.6 Å². The van der Waals surface area contributed by atoms with E-state index in [1.54, 1.807) is 46.4 Å². The predicted octanol–water partition coefficient (Wildman–Crippen LogP) is 16.0. The second-order valence-electron chi connectivity index (χ2n) is 29.0. The smallest absolute Gasteiger partial charge is 0.435 e. The van der Waals surface area contributed by atoms with Gasteiger partial charge in [-0.2, -0.15) is 73.1 Å². The second kappa shape index (κ2) is 35.4. The monoisotopic (exact) mass is 1750 g/mol. The summed E-state index contributed by atoms with van der Waals surface area (Å²) in [5.41, 5.74) is 6.55. The first-order valence-corrected chi connectivity index (χ1v) is 40.7. The average molecular weight is 1750 g/mol. The first-order chi connectivity index (χ1) is 56.7. The zero-order chi connectivity index (χ0) is 88.7. The number of methoxy groups -OCH3 is 1. The van der Waals surface area contributed by atoms with Crippen LogP contribution in [0.15, 0.2) is 137 Å². The molecule has 0 unspecified atom stereocenters. The third kappa shape index (κ3) is 21.0. The molecule has 0 spiro atoms. The Labute approximate surface area is 680 Å². The van der Waals surface area contributed by atoms with E-state index in [2.05, 4.69) is 35.5 Å². The number of carboxylic acid groups (broad SMARTS) is 1. The average Bonchev–Trinajstić information content (AvgIpc) is 1.61. The molecule has 2 atom stereocenters. The molecule has 15 rings (SSSR count). The first kappa shape index (κ1) is 90.5. The third-order valence-electron chi connectivity index (χ3n) is 19.9. The zero-order valence-corrected chi connectivity index (χ0v) is 67.0. The van der Waals surface area contributed by atoms with Crippen molar-refractivity contribution >= 4 is 70.2 Å². The van der Waals surface area contributed by atoms with Crippen molar-refractivity contribution in [2.45, 2.75) is 164 Å². The lowest BCUT2D eigenvalue weighted by Gasteiger charge is -2.18. The maximum atomic E-state index is 15.3. The molecule has 121 heavy (non-hydrogen) atoms. The summed E-state index contributed by atoms with van der Waals surface area (Å²) in [6, 6.07) is 27.1. The summed E-state index contributed by atoms with van der Waals surface area (Å²) in [5, 5.41) is 49.1. The predicted molar refractivity (Wildman–Crippen MR) is 410 cm³/mol. The molecular formula is C80H80F15N13O11S2. The molecule has 24 nitrogen and oxygen atoms in total. The summed E-state index contributed by atoms with van der Waals surface area (Å²) in [5.74, 6) is -5.42. The Morgan fingerprint density at radius 2 is 0.851 bits per heavy atom. The van der Waals surface area contributed by atoms with Crippen molar-refractivity contribution in [3.05, 3.63) is 235 Å². The van der Waals surface area contributed by atoms with Gasteiger partial charge in [-0.1, -0.05) is 38.1 Å². The molecule has 12 aromatic rings. The van der Waals surface area contributed by atoms with E-state index in [4.69, 9.17) is 15.9 Å². The van der Waals surface area contributed by atoms with Gasteiger partial charge in [0.25, 0.3) is 5.91 Å². The van der Waals surface area contributed by atoms with Crippen LogP contribution in [0, 0.1) is 45.1 Å². The fourth-order valence-corrected chi connectivity index (χ4v) is 15.4. The largest absolute Gasteiger partial charge is 0.478 e. The van der Waals surface area contributed by atoms with E-state index in [0.717, 1.165) is 95.6 Å². The van der Waals surface area contributed by atoms with Gasteiger partial charge in [0.1, 0.15) is 34.5 Å². The number of hydrogen-bond acceptors (Lipinski definition) is 15. The van der Waals surface area contributed by atoms with Crippen LogP contribution in [-0.4, -0.2) is 135 Å². The number of nitrogens with zero attached hydrogens (tertiary/aromatic N) is 10. The van der Waals surface area contributed by atoms with Crippen molar-refractivity contribution in [1.29, 1.82) is 0 Å². The number of carboxylic acids is 1. The number of benzene rings is 5. The van der Waals surface area contributed by atoms with Crippen molar-refractivity contribution in [3.8, 4) is 0 Å². The molecule has 7 aromatic heterocycles. The number of fused-ring (bicyclic) bond motifs is 3. The molecule has 3 fully saturated rings. The van der Waals surface area contributed by atoms with Crippen LogP contribution in [0.2, 0.25) is 0 Å². The summed E-state index contributed by atoms with van der Waals surface area (Å²) in [6.07, 6.45) is -13.0. The summed E-state index contributed by atoms with van der Waals surface area (Å²) in [7, 11) is -5.43. The van der Waals surface area contributed by atoms with E-state index in [9.17, 15) is 97.8 Å². The lowest BCUT2D eigenvalue weighted by atomic mass is 10.1. The number of aryl methyl sites for hydroxylation is 4. The highest BCUT2D eigenvalue weighted by molar-refractivity contribution is 7.91. The maximum Gasteiger partial charge on any atom is 0.435 e. The lowest BCUT2D eigenvalue weighted by Crippen LogP contribution is -2.31. The summed E-state index contributed by atoms with van der Waals surface area (Å²) >= 11 is 0. The van der Waals surface area contributed by atoms with Crippen LogP contribution in [0.4, 0.5) is 65.9 Å². The number of nitrogens with two attached hydrogens (primary N) is 1. The number of halogens is 15. The molecule has 5 aromatic carbocycles. The quantitative estimate of drug-likeness (QED) is 0.0288. The highest BCUT2D eigenvalue weighted by atomic mass is 32.2. The van der Waals surface area contributed by atoms with Gasteiger partial charge in [-0.15, -0.1) is 0 Å². The van der Waals surface area contributed by atoms with Crippen LogP contribution in [0.25, 0.3) is 32.7 Å². The summed E-state index contributed by atoms with van der Waals surface area (Å²) < 4.78 is 259. The van der Waals surface area contributed by atoms with Gasteiger partial charge in [0.15, 0.2) is 25.4 Å². The second-order valence-corrected chi connectivity index (χ2v) is 33.6. The fourth-order valence-electron chi connectivity index (χ4n) is 13.6. The number of esters is 1. The summed E-state index contributed by atoms with van der Waals surface area (Å²) in [6.45, 7) is 7.98. The van der Waals surface area contributed by atoms with Gasteiger partial charge < -0.3 is 44.8 Å². The Balaban J connectivity index is 0.000000158. The van der Waals surface area contributed by atoms with Crippen LogP contribution < -0.4 is 11.1 Å². The number of nitrogens with one attached hydrogen (secondary N) is 2. The molecule has 3 aliphatic rings. The van der Waals surface area contributed by atoms with Crippen molar-refractivity contribution < 1.29 is 117 Å². The van der Waals surface area contributed by atoms with Gasteiger partial charge in [-0.05, 0) is 180 Å². The molecule has 1 amide bonds. The Hall–Kier alpha value is -11.3. The number of aromatic nitrogens is 11. The molecular weight excluding hydrogens is 1670 g/mol. The minimum absolute atomic E-state index is 0.00540. The van der Waals surface area contributed by atoms with Gasteiger partial charge in [0, 0.05) is 57.1 Å². The number of hydrogen-bond donors (Lipinski definition) is 6. The Kier molecular flexibility index (Phi) is 26.5. The highest BCUT2D eigenvalue weighted by Gasteiger charge is 2.41. The Morgan fingerprint density at radius 3 is 1.15 bits per heavy atom. The van der Waals surface area contributed by atoms with Gasteiger partial charge >= 0.3 is 36.6 Å². The molecule has 648 valence electrons. The molecule has 3 saturated carbocycles. The van der Waals surface area contributed by atoms with Crippen LogP contribution >= 0.6 is 0 Å². The number of carbonyl (C=O) groups excluding carboxylic acids is 2. The van der Waals surface area contributed by atoms with Crippen molar-refractivity contribution in [2.24, 2.45) is 5.73 Å². The zero-order valence-electron chi connectivity index (χ0n) is 65.3. The third-order valence-corrected chi connectivity index (χ3v) is 23.4. The number of aliphatic hydroxyl groups is 2. The number of rotatable bonds is 21. The van der Waals surface area contributed by atoms with E-state index in [1.165, 1.54) is 101 Å². The summed E-state index contributed by atoms with van der Waals surface area (Å²) in [4.78, 5) is 36.4. The molecule has 7 N–H and O–H groups in total. The van der Waals surface area contributed by atoms with Gasteiger partial charge in [0.05, 0.1) is 124 Å². The highest BCUT2D eigenvalue weighted by Crippen LogP contribution is 2.45. The van der Waals surface area contributed by atoms with E-state index in [-0.39, 0.29) is 89.0 Å². The first-order valence-electron chi connectivity index (χ1n) is 37.4. The maximum absolute atomic E-state index is 15.3. The number of aromatic carboxylic acids is 1. The van der Waals surface area contributed by atoms with Crippen molar-refractivity contribution in [3.63, 3.8) is 0 Å². The molecule has 0 saturated heterocycles. The topological polar surface area (TPSA) is 324 Å². The van der Waals surface area contributed by atoms with Crippen LogP contribution in [0.5, 0.6) is 0 Å². The minimum Gasteiger partial charge on any atom is -0.478 e. The normalized spacial score (nSPS) is 14.5. The van der Waals surface area contributed by atoms with Gasteiger partial charge in [-0.25, -0.2) is 39.6 Å². The number of alkyl halides is 12. The molecule has 7 heterocycles. The molecule has 0 bridgehead atoms. The lowest BCUT2D eigenvalue weighted by molar-refractivity contribution is -0.144. The van der Waals surface area contributed by atoms with Crippen LogP contribution in [-0.2, 0) is 68.8 Å². The number of aromatic amines is 1. The number of H-pyrrole nitrogens is 1. The molecule has 3 aliphatic carbocycles. The minimum atomic E-state index is -4.59. The number of amides is 1. The van der Waals surface area contributed by atoms with Crippen LogP contribution in [0.1, 0.15) is 187 Å². The number of carbonyl (C=O) groups is 3. The van der Waals surface area contributed by atoms with Crippen LogP contribution in [0.3, 0.4) is 0 Å². The molecule has 41 heteroatoms. The van der Waals surface area contributed by atoms with E-state index < -0.39 is 127 Å². The number of sulfone groups is 2. The Bertz CT molecular complexity index is 6070. The molecule has 0 aliphatic heterocycles. The SMILES string of the molecule is CCS(=O)(=O)c1ccc([C@@H](N)CO)cc1.CCS(=O)(=O)c1ccc([C@H](CO)NC(=O)c2cc3cc(Cn4nc(C)cc4C(F)(F)F)n(C4CC4)c3cc2F)cc1.COC(=O)c1cc2cc(Cn3nc(C)cc3C(F)(F)F)n(C3CC3)c2cc1F.Cc1cc(C(F)(F)F)n(Cc2cc3cc(C(=O)O)c(F)cc3n2C2CC2)n1.Cc1cc(C(F)(F)F)n[nH]1. The van der Waals surface area contributed by atoms with Crippen molar-refractivity contribution in [2.75, 3.05) is 31.8 Å². The van der Waals surface area contributed by atoms with Gasteiger partial charge in [0.2, 0.25) is 0 Å². The fraction of sp³-hybridized carbons (Fsp3) is 0.362. The Morgan fingerprint density at radius 1 is 0.504 bits per heavy atom.